The standard InChI is InChI=1S/C13H14N4O4.Na/c1-3-21-13(19)11-12(18)17(16-15-11)14-8-9-4-6-10(20-2)7-5-9;/h4-8,18H,3H2,1-2H3;/q;+1/p-1/b14-8+;. The van der Waals surface area contributed by atoms with Crippen molar-refractivity contribution < 1.29 is 48.9 Å². The first-order chi connectivity index (χ1) is 10.2. The van der Waals surface area contributed by atoms with Gasteiger partial charge in [-0.25, -0.2) is 4.79 Å². The van der Waals surface area contributed by atoms with E-state index in [0.717, 1.165) is 10.4 Å². The van der Waals surface area contributed by atoms with Gasteiger partial charge in [0.25, 0.3) is 0 Å². The van der Waals surface area contributed by atoms with E-state index in [1.54, 1.807) is 38.3 Å². The van der Waals surface area contributed by atoms with E-state index in [-0.39, 0.29) is 41.9 Å². The van der Waals surface area contributed by atoms with Gasteiger partial charge >= 0.3 is 35.5 Å². The molecule has 1 heterocycles. The first-order valence-corrected chi connectivity index (χ1v) is 6.14. The summed E-state index contributed by atoms with van der Waals surface area (Å²) in [5, 5.41) is 22.6. The van der Waals surface area contributed by atoms with E-state index in [9.17, 15) is 9.90 Å². The number of aromatic nitrogens is 3. The van der Waals surface area contributed by atoms with Crippen molar-refractivity contribution in [3.8, 4) is 11.6 Å². The Kier molecular flexibility index (Phi) is 7.03. The Hall–Kier alpha value is -1.90. The van der Waals surface area contributed by atoms with E-state index in [4.69, 9.17) is 4.74 Å². The van der Waals surface area contributed by atoms with Crippen molar-refractivity contribution in [1.82, 2.24) is 15.1 Å². The largest absolute Gasteiger partial charge is 1.00 e. The van der Waals surface area contributed by atoms with E-state index in [2.05, 4.69) is 20.2 Å². The average Bonchev–Trinajstić information content (AvgIpc) is 2.87. The summed E-state index contributed by atoms with van der Waals surface area (Å²) in [6, 6.07) is 7.03. The molecule has 0 aliphatic carbocycles. The topological polar surface area (TPSA) is 102 Å². The second kappa shape index (κ2) is 8.52. The van der Waals surface area contributed by atoms with Crippen LogP contribution in [0.1, 0.15) is 23.0 Å². The summed E-state index contributed by atoms with van der Waals surface area (Å²) in [4.78, 5) is 12.2. The van der Waals surface area contributed by atoms with Crippen LogP contribution in [0.3, 0.4) is 0 Å². The van der Waals surface area contributed by atoms with Gasteiger partial charge in [0.15, 0.2) is 5.69 Å². The molecule has 0 unspecified atom stereocenters. The molecule has 110 valence electrons. The molecule has 0 atom stereocenters. The van der Waals surface area contributed by atoms with Gasteiger partial charge in [0.05, 0.1) is 19.9 Å². The molecule has 2 rings (SSSR count). The first kappa shape index (κ1) is 18.1. The fourth-order valence-electron chi connectivity index (χ4n) is 1.48. The van der Waals surface area contributed by atoms with Gasteiger partial charge in [0, 0.05) is 5.88 Å². The minimum atomic E-state index is -0.812. The van der Waals surface area contributed by atoms with Crippen LogP contribution in [0, 0.1) is 0 Å². The van der Waals surface area contributed by atoms with Crippen LogP contribution in [0.2, 0.25) is 0 Å². The summed E-state index contributed by atoms with van der Waals surface area (Å²) < 4.78 is 9.72. The molecular weight excluding hydrogens is 299 g/mol. The number of ether oxygens (including phenoxy) is 2. The molecule has 0 radical (unpaired) electrons. The molecule has 0 aliphatic heterocycles. The van der Waals surface area contributed by atoms with Crippen molar-refractivity contribution >= 4 is 12.2 Å². The molecule has 0 spiro atoms. The molecule has 1 aromatic carbocycles. The number of rotatable bonds is 5. The fraction of sp³-hybridized carbons (Fsp3) is 0.231. The Labute approximate surface area is 149 Å². The minimum absolute atomic E-state index is 0. The molecule has 0 saturated heterocycles. The van der Waals surface area contributed by atoms with Crippen molar-refractivity contribution in [1.29, 1.82) is 0 Å². The number of carbonyl (C=O) groups is 1. The van der Waals surface area contributed by atoms with Crippen LogP contribution >= 0.6 is 0 Å². The zero-order valence-electron chi connectivity index (χ0n) is 12.5. The predicted molar refractivity (Wildman–Crippen MR) is 71.4 cm³/mol. The summed E-state index contributed by atoms with van der Waals surface area (Å²) in [6.45, 7) is 1.79. The van der Waals surface area contributed by atoms with Gasteiger partial charge in [-0.05, 0) is 42.0 Å². The smallest absolute Gasteiger partial charge is 0.856 e. The third-order valence-electron chi connectivity index (χ3n) is 2.51. The summed E-state index contributed by atoms with van der Waals surface area (Å²) in [7, 11) is 1.57. The summed E-state index contributed by atoms with van der Waals surface area (Å²) in [5.74, 6) is -0.825. The Morgan fingerprint density at radius 3 is 2.68 bits per heavy atom. The Balaban J connectivity index is 0.00000242. The first-order valence-electron chi connectivity index (χ1n) is 6.14. The Bertz CT molecular complexity index is 655. The third kappa shape index (κ3) is 4.30. The number of esters is 1. The van der Waals surface area contributed by atoms with Gasteiger partial charge in [-0.2, -0.15) is 5.10 Å². The fourth-order valence-corrected chi connectivity index (χ4v) is 1.48. The van der Waals surface area contributed by atoms with Crippen LogP contribution in [0.25, 0.3) is 0 Å². The normalized spacial score (nSPS) is 10.3. The quantitative estimate of drug-likeness (QED) is 0.341. The van der Waals surface area contributed by atoms with Crippen LogP contribution in [0.4, 0.5) is 0 Å². The van der Waals surface area contributed by atoms with Gasteiger partial charge in [0.1, 0.15) is 5.75 Å². The third-order valence-corrected chi connectivity index (χ3v) is 2.51. The maximum absolute atomic E-state index is 11.8. The van der Waals surface area contributed by atoms with Crippen LogP contribution < -0.4 is 39.4 Å². The molecule has 0 amide bonds. The zero-order chi connectivity index (χ0) is 15.2. The van der Waals surface area contributed by atoms with Gasteiger partial charge in [-0.15, -0.1) is 9.89 Å². The van der Waals surface area contributed by atoms with Crippen molar-refractivity contribution in [3.05, 3.63) is 35.5 Å². The van der Waals surface area contributed by atoms with Gasteiger partial charge in [0.2, 0.25) is 0 Å². The molecule has 22 heavy (non-hydrogen) atoms. The molecule has 0 N–H and O–H groups in total. The monoisotopic (exact) mass is 312 g/mol. The summed E-state index contributed by atoms with van der Waals surface area (Å²) in [5.41, 5.74) is 0.354. The summed E-state index contributed by atoms with van der Waals surface area (Å²) in [6.07, 6.45) is 1.42. The number of hydrogen-bond acceptors (Lipinski definition) is 7. The molecule has 1 aromatic heterocycles. The second-order valence-electron chi connectivity index (χ2n) is 3.87. The average molecular weight is 312 g/mol. The minimum Gasteiger partial charge on any atom is -0.856 e. The SMILES string of the molecule is CCOC(=O)c1nnn(/N=C/c2ccc(OC)cc2)c1[O-].[Na+]. The van der Waals surface area contributed by atoms with Crippen molar-refractivity contribution in [2.75, 3.05) is 13.7 Å². The van der Waals surface area contributed by atoms with Crippen LogP contribution in [-0.2, 0) is 4.74 Å². The predicted octanol–water partition coefficient (Wildman–Crippen LogP) is -2.58. The number of carbonyl (C=O) groups excluding carboxylic acids is 1. The van der Waals surface area contributed by atoms with E-state index >= 15 is 0 Å². The van der Waals surface area contributed by atoms with Crippen molar-refractivity contribution in [3.63, 3.8) is 0 Å². The molecule has 9 heteroatoms. The van der Waals surface area contributed by atoms with Gasteiger partial charge in [-0.1, -0.05) is 0 Å². The Morgan fingerprint density at radius 1 is 1.41 bits per heavy atom. The summed E-state index contributed by atoms with van der Waals surface area (Å²) >= 11 is 0. The van der Waals surface area contributed by atoms with E-state index in [1.165, 1.54) is 6.21 Å². The van der Waals surface area contributed by atoms with E-state index in [0.29, 0.717) is 5.75 Å². The van der Waals surface area contributed by atoms with Crippen molar-refractivity contribution in [2.45, 2.75) is 6.92 Å². The van der Waals surface area contributed by atoms with Crippen LogP contribution in [0.5, 0.6) is 11.6 Å². The maximum atomic E-state index is 11.8. The zero-order valence-corrected chi connectivity index (χ0v) is 14.5. The second-order valence-corrected chi connectivity index (χ2v) is 3.87. The molecule has 0 saturated carbocycles. The number of methoxy groups -OCH3 is 1. The Morgan fingerprint density at radius 2 is 2.09 bits per heavy atom. The number of hydrogen-bond donors (Lipinski definition) is 0. The van der Waals surface area contributed by atoms with Crippen LogP contribution in [0.15, 0.2) is 29.4 Å². The maximum Gasteiger partial charge on any atom is 1.00 e. The molecule has 0 bridgehead atoms. The van der Waals surface area contributed by atoms with Gasteiger partial charge in [-0.3, -0.25) is 0 Å². The van der Waals surface area contributed by atoms with Crippen molar-refractivity contribution in [2.24, 2.45) is 5.10 Å². The molecular formula is C13H13N4NaO4. The van der Waals surface area contributed by atoms with Crippen LogP contribution in [-0.4, -0.2) is 41.0 Å². The number of benzene rings is 1. The molecule has 2 aromatic rings. The van der Waals surface area contributed by atoms with E-state index < -0.39 is 11.8 Å². The number of nitrogens with zero attached hydrogens (tertiary/aromatic N) is 4. The van der Waals surface area contributed by atoms with Gasteiger partial charge < -0.3 is 14.6 Å². The molecule has 0 fully saturated rings. The van der Waals surface area contributed by atoms with E-state index in [1.807, 2.05) is 0 Å². The molecule has 8 nitrogen and oxygen atoms in total. The molecule has 0 aliphatic rings.